The fourth-order valence-electron chi connectivity index (χ4n) is 8.69. The summed E-state index contributed by atoms with van der Waals surface area (Å²) in [7, 11) is 0. The fraction of sp³-hybridized carbons (Fsp3) is 0.840. The zero-order chi connectivity index (χ0) is 21.1. The van der Waals surface area contributed by atoms with Crippen molar-refractivity contribution < 1.29 is 14.3 Å². The summed E-state index contributed by atoms with van der Waals surface area (Å²) in [5.74, 6) is 2.95. The first-order valence-electron chi connectivity index (χ1n) is 12.1. The first-order chi connectivity index (χ1) is 14.3. The number of carbonyl (C=O) groups is 1. The molecule has 4 aliphatic carbocycles. The van der Waals surface area contributed by atoms with Crippen LogP contribution in [0, 0.1) is 40.4 Å². The number of nitrogens with zero attached hydrogens (tertiary/aromatic N) is 2. The van der Waals surface area contributed by atoms with Gasteiger partial charge in [-0.25, -0.2) is 4.39 Å². The lowest BCUT2D eigenvalue weighted by atomic mass is 9.43. The Morgan fingerprint density at radius 3 is 2.60 bits per heavy atom. The molecule has 4 aliphatic rings. The van der Waals surface area contributed by atoms with Crippen LogP contribution in [0.4, 0.5) is 4.39 Å². The van der Waals surface area contributed by atoms with Crippen molar-refractivity contribution in [2.75, 3.05) is 6.67 Å². The number of aliphatic hydroxyl groups is 1. The molecule has 5 rings (SSSR count). The SMILES string of the molecule is C[C@@]12CC[C@H](C(=O)Cn3cccn3)[C@@]1(C)CC[C@@H]1[C@H]3CC[C@](O)(CF)C[C@@H]3CC[C@H]12. The lowest BCUT2D eigenvalue weighted by Gasteiger charge is -2.61. The summed E-state index contributed by atoms with van der Waals surface area (Å²) in [6.45, 7) is 4.67. The number of fused-ring (bicyclic) bond motifs is 5. The first kappa shape index (κ1) is 20.7. The van der Waals surface area contributed by atoms with Gasteiger partial charge in [-0.05, 0) is 98.4 Å². The van der Waals surface area contributed by atoms with Gasteiger partial charge in [-0.3, -0.25) is 9.48 Å². The molecule has 1 aromatic rings. The summed E-state index contributed by atoms with van der Waals surface area (Å²) in [6.07, 6.45) is 12.6. The van der Waals surface area contributed by atoms with Crippen LogP contribution in [0.3, 0.4) is 0 Å². The number of aromatic nitrogens is 2. The van der Waals surface area contributed by atoms with Gasteiger partial charge in [-0.2, -0.15) is 5.10 Å². The van der Waals surface area contributed by atoms with Crippen LogP contribution in [-0.2, 0) is 11.3 Å². The third-order valence-corrected chi connectivity index (χ3v) is 10.5. The van der Waals surface area contributed by atoms with Gasteiger partial charge in [-0.15, -0.1) is 0 Å². The summed E-state index contributed by atoms with van der Waals surface area (Å²) in [5.41, 5.74) is -0.794. The standard InChI is InChI=1S/C25H37FN2O2/c1-23-10-8-21(22(29)15-28-13-3-12-27-28)24(23,2)9-6-19-18-7-11-25(30,16-26)14-17(18)4-5-20(19)23/h3,12-13,17-21,30H,4-11,14-16H2,1-2H3/t17-,18-,19+,20+,21+,23-,24+,25+/m0/s1. The van der Waals surface area contributed by atoms with Crippen molar-refractivity contribution in [2.45, 2.75) is 83.8 Å². The number of Topliss-reactive ketones (excluding diaryl/α,β-unsaturated/α-hetero) is 1. The molecule has 0 unspecified atom stereocenters. The molecule has 4 nitrogen and oxygen atoms in total. The molecular formula is C25H37FN2O2. The molecular weight excluding hydrogens is 379 g/mol. The van der Waals surface area contributed by atoms with E-state index in [9.17, 15) is 14.3 Å². The summed E-state index contributed by atoms with van der Waals surface area (Å²) in [6, 6.07) is 1.88. The van der Waals surface area contributed by atoms with Gasteiger partial charge >= 0.3 is 0 Å². The predicted molar refractivity (Wildman–Crippen MR) is 113 cm³/mol. The van der Waals surface area contributed by atoms with E-state index in [0.29, 0.717) is 48.8 Å². The number of halogens is 1. The maximum atomic E-state index is 13.4. The molecule has 0 aromatic carbocycles. The van der Waals surface area contributed by atoms with Crippen molar-refractivity contribution in [1.82, 2.24) is 9.78 Å². The van der Waals surface area contributed by atoms with Crippen LogP contribution in [-0.4, -0.2) is 32.9 Å². The van der Waals surface area contributed by atoms with Gasteiger partial charge in [0.2, 0.25) is 0 Å². The van der Waals surface area contributed by atoms with Gasteiger partial charge in [0.1, 0.15) is 6.67 Å². The zero-order valence-corrected chi connectivity index (χ0v) is 18.5. The highest BCUT2D eigenvalue weighted by molar-refractivity contribution is 5.82. The molecule has 1 aromatic heterocycles. The minimum Gasteiger partial charge on any atom is -0.387 e. The van der Waals surface area contributed by atoms with Crippen LogP contribution < -0.4 is 0 Å². The summed E-state index contributed by atoms with van der Waals surface area (Å²) >= 11 is 0. The molecule has 5 heteroatoms. The Balaban J connectivity index is 1.36. The number of rotatable bonds is 4. The fourth-order valence-corrected chi connectivity index (χ4v) is 8.69. The van der Waals surface area contributed by atoms with Crippen molar-refractivity contribution in [3.05, 3.63) is 18.5 Å². The monoisotopic (exact) mass is 416 g/mol. The minimum absolute atomic E-state index is 0.0690. The molecule has 0 aliphatic heterocycles. The number of carbonyl (C=O) groups excluding carboxylic acids is 1. The Kier molecular flexibility index (Phi) is 4.92. The molecule has 166 valence electrons. The average Bonchev–Trinajstić information content (AvgIpc) is 3.33. The third-order valence-electron chi connectivity index (χ3n) is 10.5. The topological polar surface area (TPSA) is 55.1 Å². The highest BCUT2D eigenvalue weighted by Crippen LogP contribution is 2.70. The number of hydrogen-bond acceptors (Lipinski definition) is 3. The second-order valence-corrected chi connectivity index (χ2v) is 11.5. The molecule has 1 heterocycles. The molecule has 4 fully saturated rings. The molecule has 0 bridgehead atoms. The molecule has 4 saturated carbocycles. The lowest BCUT2D eigenvalue weighted by molar-refractivity contribution is -0.151. The van der Waals surface area contributed by atoms with E-state index in [1.54, 1.807) is 10.9 Å². The van der Waals surface area contributed by atoms with Crippen LogP contribution in [0.1, 0.15) is 71.6 Å². The maximum absolute atomic E-state index is 13.4. The van der Waals surface area contributed by atoms with Crippen molar-refractivity contribution in [3.63, 3.8) is 0 Å². The van der Waals surface area contributed by atoms with E-state index in [1.807, 2.05) is 12.3 Å². The summed E-state index contributed by atoms with van der Waals surface area (Å²) in [5, 5.41) is 14.8. The Bertz CT molecular complexity index is 797. The molecule has 30 heavy (non-hydrogen) atoms. The normalized spacial score (nSPS) is 47.9. The molecule has 0 radical (unpaired) electrons. The van der Waals surface area contributed by atoms with E-state index in [1.165, 1.54) is 12.8 Å². The zero-order valence-electron chi connectivity index (χ0n) is 18.5. The van der Waals surface area contributed by atoms with E-state index in [-0.39, 0.29) is 16.7 Å². The number of ketones is 1. The Labute approximate surface area is 179 Å². The Morgan fingerprint density at radius 1 is 1.10 bits per heavy atom. The smallest absolute Gasteiger partial charge is 0.157 e. The number of hydrogen-bond donors (Lipinski definition) is 1. The van der Waals surface area contributed by atoms with Gasteiger partial charge in [0.05, 0.1) is 12.1 Å². The van der Waals surface area contributed by atoms with Crippen LogP contribution in [0.25, 0.3) is 0 Å². The van der Waals surface area contributed by atoms with E-state index in [2.05, 4.69) is 18.9 Å². The minimum atomic E-state index is -1.07. The van der Waals surface area contributed by atoms with Crippen LogP contribution in [0.2, 0.25) is 0 Å². The van der Waals surface area contributed by atoms with Crippen LogP contribution in [0.5, 0.6) is 0 Å². The predicted octanol–water partition coefficient (Wildman–Crippen LogP) is 4.81. The van der Waals surface area contributed by atoms with Gasteiger partial charge in [-0.1, -0.05) is 13.8 Å². The number of alkyl halides is 1. The quantitative estimate of drug-likeness (QED) is 0.766. The van der Waals surface area contributed by atoms with Crippen molar-refractivity contribution >= 4 is 5.78 Å². The average molecular weight is 417 g/mol. The first-order valence-corrected chi connectivity index (χ1v) is 12.1. The highest BCUT2D eigenvalue weighted by Gasteiger charge is 2.64. The van der Waals surface area contributed by atoms with Crippen molar-refractivity contribution in [1.29, 1.82) is 0 Å². The van der Waals surface area contributed by atoms with Gasteiger partial charge in [0.25, 0.3) is 0 Å². The third kappa shape index (κ3) is 2.94. The second kappa shape index (κ2) is 7.15. The van der Waals surface area contributed by atoms with Crippen molar-refractivity contribution in [2.24, 2.45) is 40.4 Å². The maximum Gasteiger partial charge on any atom is 0.157 e. The van der Waals surface area contributed by atoms with Gasteiger partial charge in [0.15, 0.2) is 5.78 Å². The molecule has 1 N–H and O–H groups in total. The Hall–Kier alpha value is -1.23. The molecule has 0 spiro atoms. The highest BCUT2D eigenvalue weighted by atomic mass is 19.1. The van der Waals surface area contributed by atoms with E-state index in [0.717, 1.165) is 32.1 Å². The molecule has 0 amide bonds. The van der Waals surface area contributed by atoms with E-state index < -0.39 is 12.3 Å². The van der Waals surface area contributed by atoms with Crippen LogP contribution >= 0.6 is 0 Å². The molecule has 8 atom stereocenters. The lowest BCUT2D eigenvalue weighted by Crippen LogP contribution is -2.56. The molecule has 0 saturated heterocycles. The van der Waals surface area contributed by atoms with Crippen molar-refractivity contribution in [3.8, 4) is 0 Å². The summed E-state index contributed by atoms with van der Waals surface area (Å²) in [4.78, 5) is 13.3. The second-order valence-electron chi connectivity index (χ2n) is 11.5. The largest absolute Gasteiger partial charge is 0.387 e. The van der Waals surface area contributed by atoms with Gasteiger partial charge < -0.3 is 5.11 Å². The summed E-state index contributed by atoms with van der Waals surface area (Å²) < 4.78 is 15.2. The van der Waals surface area contributed by atoms with E-state index in [4.69, 9.17) is 0 Å². The van der Waals surface area contributed by atoms with E-state index >= 15 is 0 Å². The Morgan fingerprint density at radius 2 is 1.87 bits per heavy atom. The van der Waals surface area contributed by atoms with Crippen LogP contribution in [0.15, 0.2) is 18.5 Å². The van der Waals surface area contributed by atoms with Gasteiger partial charge in [0, 0.05) is 18.3 Å².